The van der Waals surface area contributed by atoms with Crippen molar-refractivity contribution in [1.82, 2.24) is 5.16 Å². The molecule has 1 aromatic carbocycles. The second-order valence-corrected chi connectivity index (χ2v) is 5.25. The molecule has 0 aliphatic heterocycles. The van der Waals surface area contributed by atoms with Crippen molar-refractivity contribution in [2.45, 2.75) is 26.7 Å². The van der Waals surface area contributed by atoms with E-state index in [1.807, 2.05) is 12.1 Å². The molecule has 0 saturated heterocycles. The summed E-state index contributed by atoms with van der Waals surface area (Å²) in [5, 5.41) is 4.10. The van der Waals surface area contributed by atoms with Crippen molar-refractivity contribution in [2.24, 2.45) is 0 Å². The molecule has 4 heteroatoms. The van der Waals surface area contributed by atoms with Gasteiger partial charge in [0.2, 0.25) is 5.88 Å². The van der Waals surface area contributed by atoms with Crippen LogP contribution < -0.4 is 5.73 Å². The van der Waals surface area contributed by atoms with E-state index in [4.69, 9.17) is 14.7 Å². The van der Waals surface area contributed by atoms with Crippen LogP contribution in [0.2, 0.25) is 0 Å². The van der Waals surface area contributed by atoms with Gasteiger partial charge in [-0.3, -0.25) is 0 Å². The Balaban J connectivity index is 1.91. The van der Waals surface area contributed by atoms with E-state index in [0.717, 1.165) is 35.4 Å². The Hall–Kier alpha value is -2.49. The molecule has 0 fully saturated rings. The van der Waals surface area contributed by atoms with Gasteiger partial charge in [-0.05, 0) is 42.7 Å². The molecule has 0 aliphatic carbocycles. The van der Waals surface area contributed by atoms with Gasteiger partial charge in [0.25, 0.3) is 0 Å². The molecule has 0 bridgehead atoms. The average molecular weight is 282 g/mol. The number of aromatic nitrogens is 1. The average Bonchev–Trinajstić information content (AvgIpc) is 3.09. The third-order valence-corrected chi connectivity index (χ3v) is 3.77. The lowest BCUT2D eigenvalue weighted by Crippen LogP contribution is -1.95. The van der Waals surface area contributed by atoms with E-state index in [9.17, 15) is 0 Å². The smallest absolute Gasteiger partial charge is 0.230 e. The standard InChI is InChI=1S/C17H18N2O2/c1-11-5-6-13(10-12(11)2)16-15(19-21-17(16)18)8-7-14-4-3-9-20-14/h3-6,9-10H,7-8,18H2,1-2H3. The van der Waals surface area contributed by atoms with Crippen molar-refractivity contribution in [3.05, 3.63) is 59.2 Å². The fraction of sp³-hybridized carbons (Fsp3) is 0.235. The van der Waals surface area contributed by atoms with E-state index < -0.39 is 0 Å². The first-order chi connectivity index (χ1) is 10.1. The molecule has 3 rings (SSSR count). The fourth-order valence-corrected chi connectivity index (χ4v) is 2.41. The van der Waals surface area contributed by atoms with Crippen LogP contribution in [-0.2, 0) is 12.8 Å². The number of furan rings is 1. The second kappa shape index (κ2) is 5.48. The molecule has 0 atom stereocenters. The van der Waals surface area contributed by atoms with Crippen LogP contribution in [-0.4, -0.2) is 5.16 Å². The SMILES string of the molecule is Cc1ccc(-c2c(CCc3ccco3)noc2N)cc1C. The molecule has 0 saturated carbocycles. The highest BCUT2D eigenvalue weighted by Gasteiger charge is 2.16. The summed E-state index contributed by atoms with van der Waals surface area (Å²) in [6.07, 6.45) is 3.18. The fourth-order valence-electron chi connectivity index (χ4n) is 2.41. The van der Waals surface area contributed by atoms with E-state index in [2.05, 4.69) is 37.2 Å². The Morgan fingerprint density at radius 1 is 1.10 bits per heavy atom. The molecular weight excluding hydrogens is 264 g/mol. The number of anilines is 1. The summed E-state index contributed by atoms with van der Waals surface area (Å²) in [5.74, 6) is 1.30. The zero-order valence-corrected chi connectivity index (χ0v) is 12.2. The highest BCUT2D eigenvalue weighted by molar-refractivity contribution is 5.75. The minimum atomic E-state index is 0.368. The van der Waals surface area contributed by atoms with Gasteiger partial charge in [0.15, 0.2) is 0 Å². The summed E-state index contributed by atoms with van der Waals surface area (Å²) >= 11 is 0. The highest BCUT2D eigenvalue weighted by Crippen LogP contribution is 2.31. The molecule has 0 spiro atoms. The van der Waals surface area contributed by atoms with Crippen LogP contribution in [0.5, 0.6) is 0 Å². The Kier molecular flexibility index (Phi) is 3.52. The summed E-state index contributed by atoms with van der Waals surface area (Å²) in [6, 6.07) is 10.1. The van der Waals surface area contributed by atoms with Gasteiger partial charge in [0.1, 0.15) is 5.76 Å². The van der Waals surface area contributed by atoms with Crippen molar-refractivity contribution in [3.8, 4) is 11.1 Å². The van der Waals surface area contributed by atoms with Crippen LogP contribution in [0.25, 0.3) is 11.1 Å². The van der Waals surface area contributed by atoms with Crippen molar-refractivity contribution in [1.29, 1.82) is 0 Å². The largest absolute Gasteiger partial charge is 0.469 e. The van der Waals surface area contributed by atoms with Crippen LogP contribution in [0.15, 0.2) is 45.5 Å². The zero-order chi connectivity index (χ0) is 14.8. The lowest BCUT2D eigenvalue weighted by molar-refractivity contribution is 0.425. The molecule has 0 amide bonds. The molecule has 0 unspecified atom stereocenters. The first kappa shape index (κ1) is 13.5. The van der Waals surface area contributed by atoms with Crippen LogP contribution >= 0.6 is 0 Å². The third kappa shape index (κ3) is 2.70. The van der Waals surface area contributed by atoms with Gasteiger partial charge in [0, 0.05) is 12.8 Å². The summed E-state index contributed by atoms with van der Waals surface area (Å²) in [5.41, 5.74) is 11.2. The maximum atomic E-state index is 5.96. The quantitative estimate of drug-likeness (QED) is 0.787. The van der Waals surface area contributed by atoms with E-state index in [-0.39, 0.29) is 0 Å². The van der Waals surface area contributed by atoms with E-state index in [0.29, 0.717) is 5.88 Å². The van der Waals surface area contributed by atoms with Crippen LogP contribution in [0.3, 0.4) is 0 Å². The molecular formula is C17H18N2O2. The summed E-state index contributed by atoms with van der Waals surface area (Å²) in [7, 11) is 0. The lowest BCUT2D eigenvalue weighted by atomic mass is 9.98. The minimum absolute atomic E-state index is 0.368. The normalized spacial score (nSPS) is 11.0. The summed E-state index contributed by atoms with van der Waals surface area (Å²) in [6.45, 7) is 4.18. The van der Waals surface area contributed by atoms with Gasteiger partial charge in [-0.1, -0.05) is 23.4 Å². The Morgan fingerprint density at radius 2 is 1.95 bits per heavy atom. The van der Waals surface area contributed by atoms with Crippen molar-refractivity contribution >= 4 is 5.88 Å². The number of rotatable bonds is 4. The topological polar surface area (TPSA) is 65.2 Å². The summed E-state index contributed by atoms with van der Waals surface area (Å²) < 4.78 is 10.5. The van der Waals surface area contributed by atoms with Crippen LogP contribution in [0, 0.1) is 13.8 Å². The van der Waals surface area contributed by atoms with E-state index >= 15 is 0 Å². The molecule has 0 radical (unpaired) electrons. The first-order valence-electron chi connectivity index (χ1n) is 6.99. The van der Waals surface area contributed by atoms with Crippen molar-refractivity contribution in [2.75, 3.05) is 5.73 Å². The number of nitrogens with zero attached hydrogens (tertiary/aromatic N) is 1. The Morgan fingerprint density at radius 3 is 2.67 bits per heavy atom. The Bertz CT molecular complexity index is 742. The van der Waals surface area contributed by atoms with Crippen LogP contribution in [0.4, 0.5) is 5.88 Å². The number of benzene rings is 1. The van der Waals surface area contributed by atoms with Crippen molar-refractivity contribution < 1.29 is 8.94 Å². The van der Waals surface area contributed by atoms with Gasteiger partial charge in [-0.2, -0.15) is 0 Å². The van der Waals surface area contributed by atoms with Gasteiger partial charge >= 0.3 is 0 Å². The maximum absolute atomic E-state index is 5.96. The number of hydrogen-bond donors (Lipinski definition) is 1. The number of aryl methyl sites for hydroxylation is 4. The predicted octanol–water partition coefficient (Wildman–Crippen LogP) is 3.92. The van der Waals surface area contributed by atoms with Crippen molar-refractivity contribution in [3.63, 3.8) is 0 Å². The molecule has 2 aromatic heterocycles. The first-order valence-corrected chi connectivity index (χ1v) is 6.99. The second-order valence-electron chi connectivity index (χ2n) is 5.25. The number of nitrogens with two attached hydrogens (primary N) is 1. The third-order valence-electron chi connectivity index (χ3n) is 3.77. The van der Waals surface area contributed by atoms with Gasteiger partial charge in [-0.15, -0.1) is 0 Å². The van der Waals surface area contributed by atoms with E-state index in [1.165, 1.54) is 11.1 Å². The predicted molar refractivity (Wildman–Crippen MR) is 81.9 cm³/mol. The number of hydrogen-bond acceptors (Lipinski definition) is 4. The van der Waals surface area contributed by atoms with Gasteiger partial charge in [0.05, 0.1) is 17.5 Å². The van der Waals surface area contributed by atoms with Gasteiger partial charge < -0.3 is 14.7 Å². The monoisotopic (exact) mass is 282 g/mol. The minimum Gasteiger partial charge on any atom is -0.469 e. The Labute approximate surface area is 123 Å². The number of nitrogen functional groups attached to an aromatic ring is 1. The lowest BCUT2D eigenvalue weighted by Gasteiger charge is -2.05. The highest BCUT2D eigenvalue weighted by atomic mass is 16.5. The molecule has 0 aliphatic rings. The molecule has 2 heterocycles. The molecule has 108 valence electrons. The molecule has 3 aromatic rings. The zero-order valence-electron chi connectivity index (χ0n) is 12.2. The maximum Gasteiger partial charge on any atom is 0.230 e. The molecule has 21 heavy (non-hydrogen) atoms. The molecule has 2 N–H and O–H groups in total. The van der Waals surface area contributed by atoms with Gasteiger partial charge in [-0.25, -0.2) is 0 Å². The van der Waals surface area contributed by atoms with E-state index in [1.54, 1.807) is 6.26 Å². The van der Waals surface area contributed by atoms with Crippen LogP contribution in [0.1, 0.15) is 22.6 Å². The molecule has 4 nitrogen and oxygen atoms in total. The summed E-state index contributed by atoms with van der Waals surface area (Å²) in [4.78, 5) is 0.